The molecule has 0 heterocycles. The maximum Gasteiger partial charge on any atom is 0.0746 e. The van der Waals surface area contributed by atoms with Crippen molar-refractivity contribution in [3.63, 3.8) is 0 Å². The highest BCUT2D eigenvalue weighted by atomic mass is 15.2. The van der Waals surface area contributed by atoms with Gasteiger partial charge in [-0.05, 0) is 128 Å². The molecular weight excluding hydrogens is 725 g/mol. The van der Waals surface area contributed by atoms with E-state index < -0.39 is 5.41 Å². The van der Waals surface area contributed by atoms with Crippen LogP contribution in [0.15, 0.2) is 218 Å². The lowest BCUT2D eigenvalue weighted by molar-refractivity contribution is 0.660. The van der Waals surface area contributed by atoms with Gasteiger partial charge in [-0.2, -0.15) is 0 Å². The fourth-order valence-corrected chi connectivity index (χ4v) is 10.9. The van der Waals surface area contributed by atoms with Crippen molar-refractivity contribution in [1.29, 1.82) is 0 Å². The fourth-order valence-electron chi connectivity index (χ4n) is 10.9. The number of anilines is 6. The molecule has 1 spiro atoms. The predicted octanol–water partition coefficient (Wildman–Crippen LogP) is 15.3. The van der Waals surface area contributed by atoms with Crippen LogP contribution in [0.25, 0.3) is 33.4 Å². The van der Waals surface area contributed by atoms with E-state index in [1.807, 2.05) is 0 Å². The van der Waals surface area contributed by atoms with Crippen LogP contribution in [0, 0.1) is 0 Å². The Bertz CT molecular complexity index is 3090. The summed E-state index contributed by atoms with van der Waals surface area (Å²) in [7, 11) is 0. The molecule has 284 valence electrons. The highest BCUT2D eigenvalue weighted by Crippen LogP contribution is 2.66. The number of para-hydroxylation sites is 3. The van der Waals surface area contributed by atoms with Crippen LogP contribution < -0.4 is 9.80 Å². The molecule has 9 aromatic carbocycles. The number of hydrogen-bond acceptors (Lipinski definition) is 2. The van der Waals surface area contributed by atoms with Gasteiger partial charge in [-0.1, -0.05) is 166 Å². The van der Waals surface area contributed by atoms with Crippen LogP contribution in [0.5, 0.6) is 0 Å². The zero-order chi connectivity index (χ0) is 40.0. The number of fused-ring (bicyclic) bond motifs is 13. The third-order valence-corrected chi connectivity index (χ3v) is 13.4. The van der Waals surface area contributed by atoms with Crippen LogP contribution in [-0.4, -0.2) is 0 Å². The predicted molar refractivity (Wildman–Crippen MR) is 250 cm³/mol. The molecule has 9 aromatic rings. The molecule has 0 N–H and O–H groups in total. The van der Waals surface area contributed by atoms with Crippen LogP contribution in [-0.2, 0) is 10.8 Å². The topological polar surface area (TPSA) is 6.48 Å². The molecule has 2 nitrogen and oxygen atoms in total. The highest BCUT2D eigenvalue weighted by molar-refractivity contribution is 6.00. The molecule has 1 unspecified atom stereocenters. The second-order valence-corrected chi connectivity index (χ2v) is 16.8. The van der Waals surface area contributed by atoms with E-state index >= 15 is 0 Å². The van der Waals surface area contributed by atoms with Gasteiger partial charge in [-0.15, -0.1) is 0 Å². The largest absolute Gasteiger partial charge is 0.310 e. The lowest BCUT2D eigenvalue weighted by atomic mass is 9.70. The van der Waals surface area contributed by atoms with Crippen molar-refractivity contribution in [2.45, 2.75) is 24.7 Å². The number of benzene rings is 9. The maximum atomic E-state index is 2.46. The quantitative estimate of drug-likeness (QED) is 0.166. The van der Waals surface area contributed by atoms with Crippen molar-refractivity contribution in [3.8, 4) is 33.4 Å². The molecular formula is C58H42N2. The van der Waals surface area contributed by atoms with Gasteiger partial charge >= 0.3 is 0 Å². The second-order valence-electron chi connectivity index (χ2n) is 16.8. The molecule has 12 rings (SSSR count). The third kappa shape index (κ3) is 4.76. The molecule has 3 aliphatic carbocycles. The maximum absolute atomic E-state index is 2.46. The fraction of sp³-hybridized carbons (Fsp3) is 0.0690. The van der Waals surface area contributed by atoms with Gasteiger partial charge in [0.15, 0.2) is 0 Å². The highest BCUT2D eigenvalue weighted by Gasteiger charge is 2.53. The Morgan fingerprint density at radius 2 is 0.717 bits per heavy atom. The molecule has 0 fully saturated rings. The standard InChI is InChI=1S/C58H42N2/c1-57(2)50-29-15-12-25-44(50)47-35-33-43(38-54(47)57)59(39-19-6-3-7-20-39)42-34-36-53-49(37-42)46-27-14-17-31-52(46)58(53)51-30-16-13-26-45(51)48-28-18-32-55(56(48)58)60(40-21-8-4-9-22-40)41-23-10-5-11-24-41/h3-38H,1-2H3. The van der Waals surface area contributed by atoms with Gasteiger partial charge in [0.1, 0.15) is 0 Å². The monoisotopic (exact) mass is 766 g/mol. The average Bonchev–Trinajstić information content (AvgIpc) is 3.86. The molecule has 0 amide bonds. The number of rotatable bonds is 6. The van der Waals surface area contributed by atoms with Gasteiger partial charge in [-0.25, -0.2) is 0 Å². The summed E-state index contributed by atoms with van der Waals surface area (Å²) in [5.41, 5.74) is 22.0. The molecule has 0 aromatic heterocycles. The Kier molecular flexibility index (Phi) is 7.52. The molecule has 60 heavy (non-hydrogen) atoms. The zero-order valence-corrected chi connectivity index (χ0v) is 33.7. The van der Waals surface area contributed by atoms with Gasteiger partial charge in [0.2, 0.25) is 0 Å². The molecule has 1 atom stereocenters. The molecule has 0 bridgehead atoms. The first-order valence-electron chi connectivity index (χ1n) is 21.0. The van der Waals surface area contributed by atoms with Crippen LogP contribution in [0.3, 0.4) is 0 Å². The van der Waals surface area contributed by atoms with Gasteiger partial charge in [0.05, 0.1) is 11.1 Å². The van der Waals surface area contributed by atoms with E-state index in [9.17, 15) is 0 Å². The summed E-state index contributed by atoms with van der Waals surface area (Å²) in [5.74, 6) is 0. The summed E-state index contributed by atoms with van der Waals surface area (Å²) in [6.07, 6.45) is 0. The van der Waals surface area contributed by atoms with Gasteiger partial charge in [-0.3, -0.25) is 0 Å². The molecule has 0 aliphatic heterocycles. The van der Waals surface area contributed by atoms with E-state index in [4.69, 9.17) is 0 Å². The zero-order valence-electron chi connectivity index (χ0n) is 33.7. The van der Waals surface area contributed by atoms with Crippen molar-refractivity contribution in [3.05, 3.63) is 252 Å². The van der Waals surface area contributed by atoms with E-state index in [1.54, 1.807) is 0 Å². The second kappa shape index (κ2) is 13.0. The summed E-state index contributed by atoms with van der Waals surface area (Å²) in [6.45, 7) is 4.73. The number of hydrogen-bond donors (Lipinski definition) is 0. The molecule has 0 radical (unpaired) electrons. The minimum absolute atomic E-state index is 0.109. The Labute approximate surface area is 352 Å². The summed E-state index contributed by atoms with van der Waals surface area (Å²) >= 11 is 0. The lowest BCUT2D eigenvalue weighted by Gasteiger charge is -2.36. The third-order valence-electron chi connectivity index (χ3n) is 13.4. The summed E-state index contributed by atoms with van der Waals surface area (Å²) in [5, 5.41) is 0. The lowest BCUT2D eigenvalue weighted by Crippen LogP contribution is -2.28. The Hall–Kier alpha value is -7.42. The Morgan fingerprint density at radius 3 is 1.33 bits per heavy atom. The van der Waals surface area contributed by atoms with Crippen molar-refractivity contribution in [1.82, 2.24) is 0 Å². The van der Waals surface area contributed by atoms with Crippen LogP contribution in [0.2, 0.25) is 0 Å². The Balaban J connectivity index is 1.11. The van der Waals surface area contributed by atoms with Crippen molar-refractivity contribution >= 4 is 34.1 Å². The summed E-state index contributed by atoms with van der Waals surface area (Å²) in [4.78, 5) is 4.90. The first kappa shape index (κ1) is 34.6. The first-order chi connectivity index (χ1) is 29.5. The normalized spacial score (nSPS) is 15.7. The Morgan fingerprint density at radius 1 is 0.283 bits per heavy atom. The van der Waals surface area contributed by atoms with E-state index in [-0.39, 0.29) is 5.41 Å². The first-order valence-corrected chi connectivity index (χ1v) is 21.0. The van der Waals surface area contributed by atoms with Gasteiger partial charge in [0, 0.05) is 39.4 Å². The van der Waals surface area contributed by atoms with E-state index in [1.165, 1.54) is 72.4 Å². The van der Waals surface area contributed by atoms with Crippen LogP contribution in [0.1, 0.15) is 47.2 Å². The van der Waals surface area contributed by atoms with Crippen LogP contribution >= 0.6 is 0 Å². The van der Waals surface area contributed by atoms with Crippen molar-refractivity contribution in [2.75, 3.05) is 9.80 Å². The van der Waals surface area contributed by atoms with E-state index in [0.717, 1.165) is 28.4 Å². The minimum atomic E-state index is -0.546. The van der Waals surface area contributed by atoms with Crippen molar-refractivity contribution < 1.29 is 0 Å². The minimum Gasteiger partial charge on any atom is -0.310 e. The summed E-state index contributed by atoms with van der Waals surface area (Å²) < 4.78 is 0. The molecule has 0 saturated heterocycles. The van der Waals surface area contributed by atoms with E-state index in [2.05, 4.69) is 242 Å². The molecule has 2 heteroatoms. The van der Waals surface area contributed by atoms with Crippen LogP contribution in [0.4, 0.5) is 34.1 Å². The van der Waals surface area contributed by atoms with E-state index in [0.29, 0.717) is 0 Å². The molecule has 3 aliphatic rings. The van der Waals surface area contributed by atoms with Gasteiger partial charge < -0.3 is 9.80 Å². The SMILES string of the molecule is CC1(C)c2ccccc2-c2ccc(N(c3ccccc3)c3ccc4c(c3)-c3ccccc3C43c4ccccc4-c4cccc(N(c5ccccc5)c5ccccc5)c43)cc21. The molecule has 0 saturated carbocycles. The average molecular weight is 767 g/mol. The van der Waals surface area contributed by atoms with Crippen molar-refractivity contribution in [2.24, 2.45) is 0 Å². The number of nitrogens with zero attached hydrogens (tertiary/aromatic N) is 2. The summed E-state index contributed by atoms with van der Waals surface area (Å²) in [6, 6.07) is 80.9. The van der Waals surface area contributed by atoms with Gasteiger partial charge in [0.25, 0.3) is 0 Å². The smallest absolute Gasteiger partial charge is 0.0746 e.